The molecule has 1 aromatic heterocycles. The number of carbonyl (C=O) groups is 1. The Hall–Kier alpha value is -1.65. The van der Waals surface area contributed by atoms with E-state index in [1.165, 1.54) is 10.4 Å². The number of hydrogen-bond acceptors (Lipinski definition) is 3. The van der Waals surface area contributed by atoms with E-state index in [1.807, 2.05) is 24.4 Å². The quantitative estimate of drug-likeness (QED) is 0.887. The second-order valence-corrected chi connectivity index (χ2v) is 5.11. The van der Waals surface area contributed by atoms with Gasteiger partial charge in [0.1, 0.15) is 0 Å². The monoisotopic (exact) mass is 260 g/mol. The third kappa shape index (κ3) is 2.97. The molecule has 0 aliphatic carbocycles. The predicted octanol–water partition coefficient (Wildman–Crippen LogP) is 2.45. The number of benzene rings is 1. The summed E-state index contributed by atoms with van der Waals surface area (Å²) in [6.45, 7) is 3.13. The van der Waals surface area contributed by atoms with Crippen LogP contribution in [0.5, 0.6) is 0 Å². The van der Waals surface area contributed by atoms with Crippen LogP contribution in [0.4, 0.5) is 0 Å². The fourth-order valence-corrected chi connectivity index (χ4v) is 2.49. The van der Waals surface area contributed by atoms with Crippen molar-refractivity contribution in [1.82, 2.24) is 5.32 Å². The molecule has 0 aliphatic rings. The van der Waals surface area contributed by atoms with Gasteiger partial charge < -0.3 is 11.1 Å². The summed E-state index contributed by atoms with van der Waals surface area (Å²) in [4.78, 5) is 13.1. The highest BCUT2D eigenvalue weighted by Gasteiger charge is 2.06. The molecule has 3 N–H and O–H groups in total. The molecule has 0 bridgehead atoms. The summed E-state index contributed by atoms with van der Waals surface area (Å²) >= 11 is 1.66. The Morgan fingerprint density at radius 1 is 1.28 bits per heavy atom. The minimum atomic E-state index is -0.0497. The third-order valence-corrected chi connectivity index (χ3v) is 3.85. The average Bonchev–Trinajstić information content (AvgIpc) is 2.81. The number of aryl methyl sites for hydroxylation is 1. The van der Waals surface area contributed by atoms with E-state index in [4.69, 9.17) is 5.73 Å². The summed E-state index contributed by atoms with van der Waals surface area (Å²) in [5, 5.41) is 4.95. The van der Waals surface area contributed by atoms with E-state index in [9.17, 15) is 4.79 Å². The van der Waals surface area contributed by atoms with Gasteiger partial charge >= 0.3 is 0 Å². The smallest absolute Gasteiger partial charge is 0.251 e. The van der Waals surface area contributed by atoms with Crippen molar-refractivity contribution in [2.24, 2.45) is 5.73 Å². The first-order chi connectivity index (χ1) is 8.70. The summed E-state index contributed by atoms with van der Waals surface area (Å²) in [6, 6.07) is 9.43. The van der Waals surface area contributed by atoms with Crippen molar-refractivity contribution >= 4 is 17.2 Å². The van der Waals surface area contributed by atoms with Crippen molar-refractivity contribution in [2.45, 2.75) is 20.0 Å². The van der Waals surface area contributed by atoms with Crippen LogP contribution in [0.1, 0.15) is 26.4 Å². The molecule has 3 nitrogen and oxygen atoms in total. The van der Waals surface area contributed by atoms with Crippen LogP contribution in [0.15, 0.2) is 35.7 Å². The van der Waals surface area contributed by atoms with Gasteiger partial charge in [-0.25, -0.2) is 0 Å². The average molecular weight is 260 g/mol. The maximum absolute atomic E-state index is 11.9. The van der Waals surface area contributed by atoms with Crippen molar-refractivity contribution in [2.75, 3.05) is 0 Å². The Kier molecular flexibility index (Phi) is 4.12. The number of nitrogens with two attached hydrogens (primary N) is 1. The lowest BCUT2D eigenvalue weighted by molar-refractivity contribution is 0.0951. The largest absolute Gasteiger partial charge is 0.347 e. The predicted molar refractivity (Wildman–Crippen MR) is 74.6 cm³/mol. The molecule has 18 heavy (non-hydrogen) atoms. The fourth-order valence-electron chi connectivity index (χ4n) is 1.64. The van der Waals surface area contributed by atoms with Crippen LogP contribution in [-0.4, -0.2) is 5.91 Å². The van der Waals surface area contributed by atoms with Crippen LogP contribution in [0.2, 0.25) is 0 Å². The van der Waals surface area contributed by atoms with Gasteiger partial charge in [0, 0.05) is 17.0 Å². The number of thiophene rings is 1. The molecule has 2 rings (SSSR count). The molecule has 0 saturated heterocycles. The minimum absolute atomic E-state index is 0.0497. The van der Waals surface area contributed by atoms with E-state index in [0.717, 1.165) is 5.56 Å². The Morgan fingerprint density at radius 2 is 2.00 bits per heavy atom. The van der Waals surface area contributed by atoms with Crippen molar-refractivity contribution in [3.8, 4) is 0 Å². The van der Waals surface area contributed by atoms with Gasteiger partial charge in [-0.15, -0.1) is 11.3 Å². The van der Waals surface area contributed by atoms with Crippen LogP contribution in [-0.2, 0) is 13.1 Å². The van der Waals surface area contributed by atoms with Gasteiger partial charge in [-0.05, 0) is 41.6 Å². The van der Waals surface area contributed by atoms with Crippen LogP contribution < -0.4 is 11.1 Å². The van der Waals surface area contributed by atoms with Crippen LogP contribution in [0.25, 0.3) is 0 Å². The zero-order valence-electron chi connectivity index (χ0n) is 10.3. The van der Waals surface area contributed by atoms with Crippen molar-refractivity contribution in [3.63, 3.8) is 0 Å². The normalized spacial score (nSPS) is 10.3. The molecule has 1 amide bonds. The van der Waals surface area contributed by atoms with Gasteiger partial charge in [-0.1, -0.05) is 12.1 Å². The molecule has 2 aromatic rings. The summed E-state index contributed by atoms with van der Waals surface area (Å²) in [5.41, 5.74) is 8.43. The highest BCUT2D eigenvalue weighted by molar-refractivity contribution is 7.10. The molecule has 94 valence electrons. The zero-order valence-corrected chi connectivity index (χ0v) is 11.1. The maximum atomic E-state index is 11.9. The molecule has 4 heteroatoms. The van der Waals surface area contributed by atoms with Crippen LogP contribution in [0, 0.1) is 6.92 Å². The maximum Gasteiger partial charge on any atom is 0.251 e. The molecule has 0 atom stereocenters. The second kappa shape index (κ2) is 5.80. The number of hydrogen-bond donors (Lipinski definition) is 2. The van der Waals surface area contributed by atoms with E-state index in [0.29, 0.717) is 18.7 Å². The van der Waals surface area contributed by atoms with Crippen molar-refractivity contribution in [3.05, 3.63) is 57.3 Å². The number of rotatable bonds is 4. The molecular weight excluding hydrogens is 244 g/mol. The third-order valence-electron chi connectivity index (χ3n) is 2.83. The van der Waals surface area contributed by atoms with Crippen molar-refractivity contribution in [1.29, 1.82) is 0 Å². The molecule has 0 unspecified atom stereocenters. The van der Waals surface area contributed by atoms with Gasteiger partial charge in [0.25, 0.3) is 5.91 Å². The standard InChI is InChI=1S/C14H16N2OS/c1-10-6-7-18-13(10)9-16-14(17)12-4-2-11(8-15)3-5-12/h2-7H,8-9,15H2,1H3,(H,16,17). The summed E-state index contributed by atoms with van der Waals surface area (Å²) in [5.74, 6) is -0.0497. The van der Waals surface area contributed by atoms with Crippen LogP contribution in [0.3, 0.4) is 0 Å². The van der Waals surface area contributed by atoms with Gasteiger partial charge in [0.2, 0.25) is 0 Å². The van der Waals surface area contributed by atoms with Gasteiger partial charge in [0.15, 0.2) is 0 Å². The molecule has 0 fully saturated rings. The highest BCUT2D eigenvalue weighted by Crippen LogP contribution is 2.15. The molecule has 0 aliphatic heterocycles. The lowest BCUT2D eigenvalue weighted by Gasteiger charge is -2.05. The highest BCUT2D eigenvalue weighted by atomic mass is 32.1. The SMILES string of the molecule is Cc1ccsc1CNC(=O)c1ccc(CN)cc1. The van der Waals surface area contributed by atoms with Crippen molar-refractivity contribution < 1.29 is 4.79 Å². The Morgan fingerprint density at radius 3 is 2.56 bits per heavy atom. The van der Waals surface area contributed by atoms with Gasteiger partial charge in [-0.2, -0.15) is 0 Å². The zero-order chi connectivity index (χ0) is 13.0. The Bertz CT molecular complexity index is 531. The summed E-state index contributed by atoms with van der Waals surface area (Å²) < 4.78 is 0. The molecule has 0 spiro atoms. The molecule has 1 heterocycles. The number of carbonyl (C=O) groups excluding carboxylic acids is 1. The molecule has 1 aromatic carbocycles. The molecule has 0 saturated carbocycles. The minimum Gasteiger partial charge on any atom is -0.347 e. The van der Waals surface area contributed by atoms with E-state index in [2.05, 4.69) is 11.4 Å². The summed E-state index contributed by atoms with van der Waals surface area (Å²) in [6.07, 6.45) is 0. The lowest BCUT2D eigenvalue weighted by atomic mass is 10.1. The Labute approximate surface area is 111 Å². The van der Waals surface area contributed by atoms with E-state index >= 15 is 0 Å². The van der Waals surface area contributed by atoms with E-state index < -0.39 is 0 Å². The Balaban J connectivity index is 1.97. The first kappa shape index (κ1) is 12.8. The molecular formula is C14H16N2OS. The topological polar surface area (TPSA) is 55.1 Å². The molecule has 0 radical (unpaired) electrons. The van der Waals surface area contributed by atoms with Crippen LogP contribution >= 0.6 is 11.3 Å². The first-order valence-electron chi connectivity index (χ1n) is 5.81. The number of nitrogens with one attached hydrogen (secondary N) is 1. The lowest BCUT2D eigenvalue weighted by Crippen LogP contribution is -2.22. The number of amides is 1. The van der Waals surface area contributed by atoms with E-state index in [1.54, 1.807) is 23.5 Å². The summed E-state index contributed by atoms with van der Waals surface area (Å²) in [7, 11) is 0. The second-order valence-electron chi connectivity index (χ2n) is 4.11. The van der Waals surface area contributed by atoms with E-state index in [-0.39, 0.29) is 5.91 Å². The van der Waals surface area contributed by atoms with Gasteiger partial charge in [0.05, 0.1) is 6.54 Å². The van der Waals surface area contributed by atoms with Gasteiger partial charge in [-0.3, -0.25) is 4.79 Å². The first-order valence-corrected chi connectivity index (χ1v) is 6.69. The fraction of sp³-hybridized carbons (Fsp3) is 0.214.